The minimum Gasteiger partial charge on any atom is -0.716 e. The van der Waals surface area contributed by atoms with Gasteiger partial charge in [0, 0.05) is 10.8 Å². The van der Waals surface area contributed by atoms with E-state index >= 15 is 0 Å². The van der Waals surface area contributed by atoms with E-state index in [-0.39, 0.29) is 57.1 Å². The van der Waals surface area contributed by atoms with Crippen molar-refractivity contribution in [1.29, 1.82) is 0 Å². The van der Waals surface area contributed by atoms with E-state index in [1.165, 1.54) is 6.07 Å². The molecule has 0 saturated carbocycles. The first-order chi connectivity index (χ1) is 10.0. The third-order valence-corrected chi connectivity index (χ3v) is 4.06. The first kappa shape index (κ1) is 16.1. The monoisotopic (exact) mass is 336 g/mol. The topological polar surface area (TPSA) is 66.4 Å². The SMILES string of the molecule is O=S(=O)([O-])Oc1ccc2ccc3cccc4ccc1c2c34.[K+]. The van der Waals surface area contributed by atoms with Gasteiger partial charge in [-0.2, -0.15) is 0 Å². The Hall–Kier alpha value is -0.734. The Morgan fingerprint density at radius 1 is 0.773 bits per heavy atom. The van der Waals surface area contributed by atoms with E-state index in [2.05, 4.69) is 4.18 Å². The van der Waals surface area contributed by atoms with Gasteiger partial charge in [-0.3, -0.25) is 0 Å². The standard InChI is InChI=1S/C16H10O4S.K/c17-21(18,19)20-14-9-7-12-5-4-10-2-1-3-11-6-8-13(14)16(12)15(10)11;/h1-9H,(H,17,18,19);/q;+1/p-1. The molecule has 4 aromatic carbocycles. The predicted molar refractivity (Wildman–Crippen MR) is 80.5 cm³/mol. The molecule has 0 fully saturated rings. The Bertz CT molecular complexity index is 1070. The van der Waals surface area contributed by atoms with Crippen molar-refractivity contribution in [3.63, 3.8) is 0 Å². The van der Waals surface area contributed by atoms with Crippen LogP contribution in [-0.4, -0.2) is 13.0 Å². The fourth-order valence-electron chi connectivity index (χ4n) is 2.89. The van der Waals surface area contributed by atoms with Crippen LogP contribution < -0.4 is 55.6 Å². The first-order valence-corrected chi connectivity index (χ1v) is 7.68. The molecule has 0 amide bonds. The molecule has 0 radical (unpaired) electrons. The van der Waals surface area contributed by atoms with Crippen LogP contribution in [-0.2, 0) is 10.4 Å². The van der Waals surface area contributed by atoms with Gasteiger partial charge in [0.25, 0.3) is 10.4 Å². The quantitative estimate of drug-likeness (QED) is 0.230. The molecule has 0 aliphatic heterocycles. The molecule has 0 bridgehead atoms. The van der Waals surface area contributed by atoms with E-state index in [4.69, 9.17) is 0 Å². The van der Waals surface area contributed by atoms with Crippen molar-refractivity contribution >= 4 is 42.7 Å². The molecule has 4 nitrogen and oxygen atoms in total. The molecule has 0 aliphatic carbocycles. The first-order valence-electron chi connectivity index (χ1n) is 6.35. The molecule has 0 atom stereocenters. The van der Waals surface area contributed by atoms with Gasteiger partial charge in [-0.1, -0.05) is 42.5 Å². The van der Waals surface area contributed by atoms with Crippen molar-refractivity contribution in [3.05, 3.63) is 54.6 Å². The average Bonchev–Trinajstić information content (AvgIpc) is 2.45. The van der Waals surface area contributed by atoms with Gasteiger partial charge in [0.05, 0.1) is 0 Å². The van der Waals surface area contributed by atoms with Crippen LogP contribution in [0.4, 0.5) is 0 Å². The number of rotatable bonds is 2. The van der Waals surface area contributed by atoms with Gasteiger partial charge in [0.1, 0.15) is 5.75 Å². The van der Waals surface area contributed by atoms with Crippen molar-refractivity contribution in [2.75, 3.05) is 0 Å². The van der Waals surface area contributed by atoms with Crippen LogP contribution in [0.2, 0.25) is 0 Å². The third-order valence-electron chi connectivity index (χ3n) is 3.68. The van der Waals surface area contributed by atoms with Gasteiger partial charge in [-0.15, -0.1) is 0 Å². The number of hydrogen-bond donors (Lipinski definition) is 0. The van der Waals surface area contributed by atoms with E-state index in [1.54, 1.807) is 12.1 Å². The minimum atomic E-state index is -4.79. The summed E-state index contributed by atoms with van der Waals surface area (Å²) in [5, 5.41) is 5.68. The maximum absolute atomic E-state index is 10.9. The van der Waals surface area contributed by atoms with Crippen LogP contribution in [0.5, 0.6) is 5.75 Å². The summed E-state index contributed by atoms with van der Waals surface area (Å²) in [4.78, 5) is 0. The second kappa shape index (κ2) is 5.72. The Labute approximate surface area is 169 Å². The van der Waals surface area contributed by atoms with Crippen molar-refractivity contribution in [2.45, 2.75) is 0 Å². The zero-order chi connectivity index (χ0) is 14.6. The van der Waals surface area contributed by atoms with Crippen LogP contribution in [0, 0.1) is 0 Å². The fourth-order valence-corrected chi connectivity index (χ4v) is 3.26. The third kappa shape index (κ3) is 2.65. The molecule has 0 N–H and O–H groups in total. The maximum Gasteiger partial charge on any atom is 1.00 e. The Kier molecular flexibility index (Phi) is 4.20. The summed E-state index contributed by atoms with van der Waals surface area (Å²) in [5.41, 5.74) is 0. The van der Waals surface area contributed by atoms with Crippen molar-refractivity contribution in [3.8, 4) is 5.75 Å². The molecule has 4 aromatic rings. The van der Waals surface area contributed by atoms with Gasteiger partial charge in [-0.25, -0.2) is 8.42 Å². The minimum absolute atomic E-state index is 0. The molecule has 0 spiro atoms. The molecule has 0 aliphatic rings. The second-order valence-electron chi connectivity index (χ2n) is 4.91. The van der Waals surface area contributed by atoms with Crippen molar-refractivity contribution in [2.24, 2.45) is 0 Å². The molecule has 0 aromatic heterocycles. The van der Waals surface area contributed by atoms with E-state index in [0.717, 1.165) is 26.9 Å². The van der Waals surface area contributed by atoms with Gasteiger partial charge in [0.2, 0.25) is 0 Å². The van der Waals surface area contributed by atoms with Gasteiger partial charge >= 0.3 is 51.4 Å². The molecule has 6 heteroatoms. The Balaban J connectivity index is 0.00000144. The summed E-state index contributed by atoms with van der Waals surface area (Å²) in [6.07, 6.45) is 0. The van der Waals surface area contributed by atoms with Gasteiger partial charge in [0.15, 0.2) is 0 Å². The van der Waals surface area contributed by atoms with Crippen LogP contribution >= 0.6 is 0 Å². The van der Waals surface area contributed by atoms with E-state index < -0.39 is 10.4 Å². The fraction of sp³-hybridized carbons (Fsp3) is 0. The molecule has 0 heterocycles. The molecular formula is C16H9KO4S. The molecule has 4 rings (SSSR count). The normalized spacial score (nSPS) is 11.9. The molecular weight excluding hydrogens is 327 g/mol. The van der Waals surface area contributed by atoms with Gasteiger partial charge < -0.3 is 8.74 Å². The van der Waals surface area contributed by atoms with Crippen LogP contribution in [0.3, 0.4) is 0 Å². The Morgan fingerprint density at radius 3 is 1.95 bits per heavy atom. The van der Waals surface area contributed by atoms with E-state index in [9.17, 15) is 13.0 Å². The van der Waals surface area contributed by atoms with Crippen LogP contribution in [0.15, 0.2) is 54.6 Å². The number of hydrogen-bond acceptors (Lipinski definition) is 4. The zero-order valence-electron chi connectivity index (χ0n) is 11.7. The molecule has 104 valence electrons. The molecule has 22 heavy (non-hydrogen) atoms. The Morgan fingerprint density at radius 2 is 1.32 bits per heavy atom. The summed E-state index contributed by atoms with van der Waals surface area (Å²) in [6, 6.07) is 16.9. The van der Waals surface area contributed by atoms with Crippen molar-refractivity contribution in [1.82, 2.24) is 0 Å². The van der Waals surface area contributed by atoms with Crippen LogP contribution in [0.25, 0.3) is 32.3 Å². The average molecular weight is 336 g/mol. The maximum atomic E-state index is 10.9. The summed E-state index contributed by atoms with van der Waals surface area (Å²) in [6.45, 7) is 0. The summed E-state index contributed by atoms with van der Waals surface area (Å²) in [5.74, 6) is 0.0655. The van der Waals surface area contributed by atoms with E-state index in [0.29, 0.717) is 5.39 Å². The van der Waals surface area contributed by atoms with E-state index in [1.807, 2.05) is 36.4 Å². The molecule has 0 unspecified atom stereocenters. The largest absolute Gasteiger partial charge is 1.00 e. The predicted octanol–water partition coefficient (Wildman–Crippen LogP) is 0.427. The van der Waals surface area contributed by atoms with Crippen LogP contribution in [0.1, 0.15) is 0 Å². The molecule has 0 saturated heterocycles. The number of benzene rings is 4. The van der Waals surface area contributed by atoms with Crippen molar-refractivity contribution < 1.29 is 68.5 Å². The summed E-state index contributed by atoms with van der Waals surface area (Å²) < 4.78 is 37.2. The van der Waals surface area contributed by atoms with Gasteiger partial charge in [-0.05, 0) is 33.7 Å². The smallest absolute Gasteiger partial charge is 0.716 e. The summed E-state index contributed by atoms with van der Waals surface area (Å²) >= 11 is 0. The summed E-state index contributed by atoms with van der Waals surface area (Å²) in [7, 11) is -4.79. The second-order valence-corrected chi connectivity index (χ2v) is 5.89. The zero-order valence-corrected chi connectivity index (χ0v) is 15.7.